The van der Waals surface area contributed by atoms with Gasteiger partial charge in [0, 0.05) is 11.1 Å². The topological polar surface area (TPSA) is 97.4 Å². The Labute approximate surface area is 215 Å². The van der Waals surface area contributed by atoms with Crippen molar-refractivity contribution >= 4 is 17.9 Å². The van der Waals surface area contributed by atoms with Gasteiger partial charge in [-0.2, -0.15) is 0 Å². The van der Waals surface area contributed by atoms with Gasteiger partial charge in [0.25, 0.3) is 0 Å². The van der Waals surface area contributed by atoms with Crippen LogP contribution in [-0.2, 0) is 23.9 Å². The molecule has 0 heterocycles. The van der Waals surface area contributed by atoms with Crippen molar-refractivity contribution in [2.24, 2.45) is 5.92 Å². The third kappa shape index (κ3) is 9.10. The predicted molar refractivity (Wildman–Crippen MR) is 135 cm³/mol. The van der Waals surface area contributed by atoms with Crippen molar-refractivity contribution in [3.8, 4) is 28.4 Å². The molecule has 2 aromatic carbocycles. The van der Waals surface area contributed by atoms with E-state index in [0.717, 1.165) is 0 Å². The van der Waals surface area contributed by atoms with Gasteiger partial charge in [-0.1, -0.05) is 39.1 Å². The van der Waals surface area contributed by atoms with Crippen molar-refractivity contribution in [3.05, 3.63) is 66.5 Å². The normalized spacial score (nSPS) is 10.4. The highest BCUT2D eigenvalue weighted by atomic mass is 19.1. The van der Waals surface area contributed by atoms with E-state index in [4.69, 9.17) is 23.7 Å². The van der Waals surface area contributed by atoms with Crippen LogP contribution in [0.1, 0.15) is 27.7 Å². The van der Waals surface area contributed by atoms with E-state index in [1.807, 2.05) is 0 Å². The van der Waals surface area contributed by atoms with E-state index in [-0.39, 0.29) is 61.0 Å². The molecule has 0 atom stereocenters. The molecular formula is C28H31FO8. The van der Waals surface area contributed by atoms with E-state index >= 15 is 4.39 Å². The molecule has 0 bridgehead atoms. The Hall–Kier alpha value is -4.14. The van der Waals surface area contributed by atoms with Crippen LogP contribution in [0.25, 0.3) is 11.1 Å². The summed E-state index contributed by atoms with van der Waals surface area (Å²) in [5.41, 5.74) is 1.57. The SMILES string of the molecule is C=C(C)C(=O)OCCOc1cc(-c2ccc(OC(=O)C(C)C)cc2)cc(F)c1OCCOC(=O)C(=C)C. The van der Waals surface area contributed by atoms with E-state index in [1.54, 1.807) is 44.2 Å². The second-order valence-electron chi connectivity index (χ2n) is 8.41. The summed E-state index contributed by atoms with van der Waals surface area (Å²) in [6.45, 7) is 13.1. The lowest BCUT2D eigenvalue weighted by Crippen LogP contribution is -2.15. The average molecular weight is 515 g/mol. The Balaban J connectivity index is 2.21. The molecule has 0 saturated carbocycles. The van der Waals surface area contributed by atoms with Gasteiger partial charge in [0.1, 0.15) is 32.2 Å². The van der Waals surface area contributed by atoms with Crippen LogP contribution in [0.5, 0.6) is 17.2 Å². The molecule has 0 amide bonds. The van der Waals surface area contributed by atoms with E-state index in [1.165, 1.54) is 19.9 Å². The lowest BCUT2D eigenvalue weighted by Gasteiger charge is -2.16. The Kier molecular flexibility index (Phi) is 10.9. The van der Waals surface area contributed by atoms with Gasteiger partial charge in [0.2, 0.25) is 0 Å². The molecule has 0 radical (unpaired) electrons. The van der Waals surface area contributed by atoms with Crippen molar-refractivity contribution in [3.63, 3.8) is 0 Å². The third-order valence-corrected chi connectivity index (χ3v) is 4.72. The van der Waals surface area contributed by atoms with Crippen molar-refractivity contribution in [2.45, 2.75) is 27.7 Å². The van der Waals surface area contributed by atoms with Crippen LogP contribution < -0.4 is 14.2 Å². The molecule has 198 valence electrons. The molecule has 0 N–H and O–H groups in total. The number of hydrogen-bond acceptors (Lipinski definition) is 8. The molecule has 2 aromatic rings. The van der Waals surface area contributed by atoms with Crippen LogP contribution >= 0.6 is 0 Å². The molecule has 8 nitrogen and oxygen atoms in total. The number of ether oxygens (including phenoxy) is 5. The second-order valence-corrected chi connectivity index (χ2v) is 8.41. The standard InChI is InChI=1S/C28H31FO8/c1-17(2)26(30)35-13-11-33-24-16-21(20-7-9-22(10-8-20)37-28(32)19(5)6)15-23(29)25(24)34-12-14-36-27(31)18(3)4/h7-10,15-16,19H,1,3,11-14H2,2,4-6H3. The van der Waals surface area contributed by atoms with Crippen LogP contribution in [0.4, 0.5) is 4.39 Å². The minimum Gasteiger partial charge on any atom is -0.486 e. The summed E-state index contributed by atoms with van der Waals surface area (Å²) in [4.78, 5) is 34.9. The molecule has 0 fully saturated rings. The summed E-state index contributed by atoms with van der Waals surface area (Å²) in [6.07, 6.45) is 0. The van der Waals surface area contributed by atoms with Crippen LogP contribution in [0.3, 0.4) is 0 Å². The molecule has 0 aliphatic heterocycles. The van der Waals surface area contributed by atoms with Gasteiger partial charge >= 0.3 is 17.9 Å². The first-order valence-electron chi connectivity index (χ1n) is 11.6. The maximum absolute atomic E-state index is 15.1. The fraction of sp³-hybridized carbons (Fsp3) is 0.321. The van der Waals surface area contributed by atoms with E-state index < -0.39 is 17.8 Å². The first-order chi connectivity index (χ1) is 17.5. The first kappa shape index (κ1) is 29.1. The van der Waals surface area contributed by atoms with Gasteiger partial charge in [-0.25, -0.2) is 14.0 Å². The zero-order valence-electron chi connectivity index (χ0n) is 21.4. The Morgan fingerprint density at radius 3 is 1.86 bits per heavy atom. The number of benzene rings is 2. The average Bonchev–Trinajstić information content (AvgIpc) is 2.85. The number of carbonyl (C=O) groups excluding carboxylic acids is 3. The summed E-state index contributed by atoms with van der Waals surface area (Å²) in [5, 5.41) is 0. The largest absolute Gasteiger partial charge is 0.486 e. The molecule has 0 aliphatic rings. The number of rotatable bonds is 13. The lowest BCUT2D eigenvalue weighted by molar-refractivity contribution is -0.140. The summed E-state index contributed by atoms with van der Waals surface area (Å²) in [7, 11) is 0. The molecule has 0 aliphatic carbocycles. The summed E-state index contributed by atoms with van der Waals surface area (Å²) >= 11 is 0. The van der Waals surface area contributed by atoms with Gasteiger partial charge in [-0.3, -0.25) is 4.79 Å². The highest BCUT2D eigenvalue weighted by Crippen LogP contribution is 2.36. The van der Waals surface area contributed by atoms with Crippen molar-refractivity contribution in [1.29, 1.82) is 0 Å². The predicted octanol–water partition coefficient (Wildman–Crippen LogP) is 5.05. The van der Waals surface area contributed by atoms with Crippen molar-refractivity contribution in [2.75, 3.05) is 26.4 Å². The maximum atomic E-state index is 15.1. The van der Waals surface area contributed by atoms with Crippen LogP contribution in [0.2, 0.25) is 0 Å². The molecule has 0 unspecified atom stereocenters. The maximum Gasteiger partial charge on any atom is 0.333 e. The van der Waals surface area contributed by atoms with Crippen molar-refractivity contribution < 1.29 is 42.5 Å². The summed E-state index contributed by atoms with van der Waals surface area (Å²) < 4.78 is 41.5. The number of carbonyl (C=O) groups is 3. The van der Waals surface area contributed by atoms with Crippen LogP contribution in [0, 0.1) is 11.7 Å². The lowest BCUT2D eigenvalue weighted by atomic mass is 10.0. The summed E-state index contributed by atoms with van der Waals surface area (Å²) in [6, 6.07) is 9.38. The van der Waals surface area contributed by atoms with E-state index in [9.17, 15) is 14.4 Å². The zero-order chi connectivity index (χ0) is 27.5. The number of halogens is 1. The molecule has 9 heteroatoms. The van der Waals surface area contributed by atoms with E-state index in [0.29, 0.717) is 16.9 Å². The van der Waals surface area contributed by atoms with Crippen LogP contribution in [0.15, 0.2) is 60.7 Å². The smallest absolute Gasteiger partial charge is 0.333 e. The minimum absolute atomic E-state index is 0.0583. The minimum atomic E-state index is -0.715. The molecule has 2 rings (SSSR count). The molecule has 0 aromatic heterocycles. The number of esters is 3. The Morgan fingerprint density at radius 1 is 0.811 bits per heavy atom. The van der Waals surface area contributed by atoms with E-state index in [2.05, 4.69) is 13.2 Å². The number of hydrogen-bond donors (Lipinski definition) is 0. The quantitative estimate of drug-likeness (QED) is 0.159. The van der Waals surface area contributed by atoms with Gasteiger partial charge < -0.3 is 23.7 Å². The fourth-order valence-corrected chi connectivity index (χ4v) is 2.74. The molecule has 0 saturated heterocycles. The molecule has 0 spiro atoms. The second kappa shape index (κ2) is 13.8. The van der Waals surface area contributed by atoms with Gasteiger partial charge in [0.15, 0.2) is 17.3 Å². The highest BCUT2D eigenvalue weighted by molar-refractivity contribution is 5.87. The Bertz CT molecular complexity index is 1150. The van der Waals surface area contributed by atoms with Gasteiger partial charge in [0.05, 0.1) is 5.92 Å². The molecular weight excluding hydrogens is 483 g/mol. The zero-order valence-corrected chi connectivity index (χ0v) is 21.4. The van der Waals surface area contributed by atoms with Gasteiger partial charge in [-0.15, -0.1) is 0 Å². The fourth-order valence-electron chi connectivity index (χ4n) is 2.74. The van der Waals surface area contributed by atoms with Gasteiger partial charge in [-0.05, 0) is 49.2 Å². The molecule has 37 heavy (non-hydrogen) atoms. The first-order valence-corrected chi connectivity index (χ1v) is 11.6. The summed E-state index contributed by atoms with van der Waals surface area (Å²) in [5.74, 6) is -2.28. The van der Waals surface area contributed by atoms with Crippen LogP contribution in [-0.4, -0.2) is 44.3 Å². The third-order valence-electron chi connectivity index (χ3n) is 4.72. The monoisotopic (exact) mass is 514 g/mol. The highest BCUT2D eigenvalue weighted by Gasteiger charge is 2.17. The van der Waals surface area contributed by atoms with Crippen molar-refractivity contribution in [1.82, 2.24) is 0 Å². The Morgan fingerprint density at radius 2 is 1.35 bits per heavy atom.